The zero-order chi connectivity index (χ0) is 16.9. The number of hydrogen-bond donors (Lipinski definition) is 1. The summed E-state index contributed by atoms with van der Waals surface area (Å²) < 4.78 is 3.89. The first-order valence-electron chi connectivity index (χ1n) is 8.35. The van der Waals surface area contributed by atoms with Crippen molar-refractivity contribution in [1.29, 1.82) is 0 Å². The number of nitrogens with zero attached hydrogens (tertiary/aromatic N) is 4. The number of carbonyl (C=O) groups is 1. The van der Waals surface area contributed by atoms with Gasteiger partial charge in [-0.25, -0.2) is 4.98 Å². The average Bonchev–Trinajstić information content (AvgIpc) is 3.21. The fraction of sp³-hybridized carbons (Fsp3) is 0.389. The van der Waals surface area contributed by atoms with E-state index < -0.39 is 0 Å². The molecule has 1 atom stereocenters. The van der Waals surface area contributed by atoms with Gasteiger partial charge < -0.3 is 9.88 Å². The van der Waals surface area contributed by atoms with Gasteiger partial charge in [0, 0.05) is 31.9 Å². The summed E-state index contributed by atoms with van der Waals surface area (Å²) >= 11 is 0. The lowest BCUT2D eigenvalue weighted by molar-refractivity contribution is -0.121. The van der Waals surface area contributed by atoms with E-state index in [1.54, 1.807) is 6.20 Å². The lowest BCUT2D eigenvalue weighted by atomic mass is 10.2. The number of nitrogens with one attached hydrogen (secondary N) is 1. The average molecular weight is 325 g/mol. The molecule has 3 aromatic rings. The Bertz CT molecular complexity index is 806. The first-order valence-corrected chi connectivity index (χ1v) is 8.35. The Balaban J connectivity index is 1.60. The third-order valence-electron chi connectivity index (χ3n) is 4.06. The maximum Gasteiger partial charge on any atom is 0.240 e. The molecule has 0 spiro atoms. The number of amides is 1. The second-order valence-corrected chi connectivity index (χ2v) is 6.09. The second kappa shape index (κ2) is 7.29. The molecule has 1 aromatic carbocycles. The number of para-hydroxylation sites is 2. The topological polar surface area (TPSA) is 64.7 Å². The molecule has 0 radical (unpaired) electrons. The van der Waals surface area contributed by atoms with Crippen LogP contribution in [0.2, 0.25) is 0 Å². The summed E-state index contributed by atoms with van der Waals surface area (Å²) in [5.74, 6) is 1.27. The summed E-state index contributed by atoms with van der Waals surface area (Å²) in [4.78, 5) is 16.9. The minimum Gasteiger partial charge on any atom is -0.354 e. The number of rotatable bonds is 7. The van der Waals surface area contributed by atoms with Crippen molar-refractivity contribution < 1.29 is 4.79 Å². The molecule has 6 heteroatoms. The maximum absolute atomic E-state index is 12.3. The molecule has 2 heterocycles. The minimum absolute atomic E-state index is 0.0140. The fourth-order valence-electron chi connectivity index (χ4n) is 2.85. The highest BCUT2D eigenvalue weighted by atomic mass is 16.1. The Morgan fingerprint density at radius 1 is 1.29 bits per heavy atom. The zero-order valence-electron chi connectivity index (χ0n) is 14.1. The molecular formula is C18H23N5O. The number of aryl methyl sites for hydroxylation is 1. The molecule has 1 amide bonds. The minimum atomic E-state index is 0.0140. The third-order valence-corrected chi connectivity index (χ3v) is 4.06. The van der Waals surface area contributed by atoms with E-state index >= 15 is 0 Å². The SMILES string of the molecule is CCc1nc2ccccc2n1CC(=O)NC[C@H](C)Cn1cccn1. The van der Waals surface area contributed by atoms with Crippen molar-refractivity contribution in [3.63, 3.8) is 0 Å². The Kier molecular flexibility index (Phi) is 4.93. The van der Waals surface area contributed by atoms with Gasteiger partial charge in [-0.05, 0) is 24.1 Å². The highest BCUT2D eigenvalue weighted by molar-refractivity contribution is 5.81. The predicted molar refractivity (Wildman–Crippen MR) is 93.5 cm³/mol. The smallest absolute Gasteiger partial charge is 0.240 e. The lowest BCUT2D eigenvalue weighted by Crippen LogP contribution is -2.33. The molecule has 0 aliphatic heterocycles. The van der Waals surface area contributed by atoms with Crippen molar-refractivity contribution in [2.75, 3.05) is 6.54 Å². The zero-order valence-corrected chi connectivity index (χ0v) is 14.1. The van der Waals surface area contributed by atoms with Crippen molar-refractivity contribution in [3.05, 3.63) is 48.5 Å². The molecule has 2 aromatic heterocycles. The van der Waals surface area contributed by atoms with Crippen molar-refractivity contribution in [3.8, 4) is 0 Å². The van der Waals surface area contributed by atoms with Crippen LogP contribution in [0.1, 0.15) is 19.7 Å². The molecule has 24 heavy (non-hydrogen) atoms. The number of benzene rings is 1. The van der Waals surface area contributed by atoms with E-state index in [1.165, 1.54) is 0 Å². The molecule has 3 rings (SSSR count). The molecule has 0 bridgehead atoms. The van der Waals surface area contributed by atoms with E-state index in [2.05, 4.69) is 29.2 Å². The normalized spacial score (nSPS) is 12.4. The van der Waals surface area contributed by atoms with Crippen LogP contribution in [-0.2, 0) is 24.3 Å². The van der Waals surface area contributed by atoms with E-state index in [-0.39, 0.29) is 5.91 Å². The second-order valence-electron chi connectivity index (χ2n) is 6.09. The molecular weight excluding hydrogens is 302 g/mol. The van der Waals surface area contributed by atoms with Crippen molar-refractivity contribution in [1.82, 2.24) is 24.6 Å². The largest absolute Gasteiger partial charge is 0.354 e. The van der Waals surface area contributed by atoms with Crippen LogP contribution >= 0.6 is 0 Å². The molecule has 6 nitrogen and oxygen atoms in total. The highest BCUT2D eigenvalue weighted by Gasteiger charge is 2.13. The first kappa shape index (κ1) is 16.2. The van der Waals surface area contributed by atoms with E-state index in [4.69, 9.17) is 0 Å². The van der Waals surface area contributed by atoms with Gasteiger partial charge >= 0.3 is 0 Å². The van der Waals surface area contributed by atoms with E-state index in [9.17, 15) is 4.79 Å². The molecule has 0 unspecified atom stereocenters. The standard InChI is InChI=1S/C18H23N5O/c1-3-17-21-15-7-4-5-8-16(15)23(17)13-18(24)19-11-14(2)12-22-10-6-9-20-22/h4-10,14H,3,11-13H2,1-2H3,(H,19,24)/t14-/m0/s1. The molecule has 0 aliphatic carbocycles. The lowest BCUT2D eigenvalue weighted by Gasteiger charge is -2.14. The summed E-state index contributed by atoms with van der Waals surface area (Å²) in [6, 6.07) is 9.84. The van der Waals surface area contributed by atoms with Gasteiger partial charge in [0.15, 0.2) is 0 Å². The molecule has 0 aliphatic rings. The molecule has 1 N–H and O–H groups in total. The Hall–Kier alpha value is -2.63. The van der Waals surface area contributed by atoms with Gasteiger partial charge in [-0.3, -0.25) is 9.48 Å². The quantitative estimate of drug-likeness (QED) is 0.724. The third kappa shape index (κ3) is 3.64. The number of imidazole rings is 1. The van der Waals surface area contributed by atoms with Crippen LogP contribution in [-0.4, -0.2) is 31.8 Å². The van der Waals surface area contributed by atoms with Crippen LogP contribution in [0.5, 0.6) is 0 Å². The van der Waals surface area contributed by atoms with Gasteiger partial charge in [0.1, 0.15) is 12.4 Å². The summed E-state index contributed by atoms with van der Waals surface area (Å²) in [5, 5.41) is 7.21. The van der Waals surface area contributed by atoms with Gasteiger partial charge in [-0.2, -0.15) is 5.10 Å². The van der Waals surface area contributed by atoms with E-state index in [0.29, 0.717) is 19.0 Å². The summed E-state index contributed by atoms with van der Waals surface area (Å²) in [6.45, 7) is 5.89. The van der Waals surface area contributed by atoms with Crippen LogP contribution in [0.15, 0.2) is 42.7 Å². The van der Waals surface area contributed by atoms with Gasteiger partial charge in [0.05, 0.1) is 11.0 Å². The Morgan fingerprint density at radius 2 is 2.12 bits per heavy atom. The predicted octanol–water partition coefficient (Wildman–Crippen LogP) is 2.25. The van der Waals surface area contributed by atoms with Gasteiger partial charge in [-0.1, -0.05) is 26.0 Å². The van der Waals surface area contributed by atoms with Gasteiger partial charge in [-0.15, -0.1) is 0 Å². The first-order chi connectivity index (χ1) is 11.7. The molecule has 0 saturated heterocycles. The molecule has 0 fully saturated rings. The monoisotopic (exact) mass is 325 g/mol. The van der Waals surface area contributed by atoms with Crippen LogP contribution in [0, 0.1) is 5.92 Å². The highest BCUT2D eigenvalue weighted by Crippen LogP contribution is 2.16. The van der Waals surface area contributed by atoms with E-state index in [1.807, 2.05) is 45.8 Å². The Morgan fingerprint density at radius 3 is 2.88 bits per heavy atom. The molecule has 126 valence electrons. The maximum atomic E-state index is 12.3. The van der Waals surface area contributed by atoms with E-state index in [0.717, 1.165) is 29.8 Å². The molecule has 0 saturated carbocycles. The van der Waals surface area contributed by atoms with Crippen molar-refractivity contribution in [2.45, 2.75) is 33.4 Å². The van der Waals surface area contributed by atoms with Crippen LogP contribution in [0.4, 0.5) is 0 Å². The number of aromatic nitrogens is 4. The van der Waals surface area contributed by atoms with Gasteiger partial charge in [0.25, 0.3) is 0 Å². The number of hydrogen-bond acceptors (Lipinski definition) is 3. The number of fused-ring (bicyclic) bond motifs is 1. The fourth-order valence-corrected chi connectivity index (χ4v) is 2.85. The van der Waals surface area contributed by atoms with Crippen molar-refractivity contribution >= 4 is 16.9 Å². The Labute approximate surface area is 141 Å². The van der Waals surface area contributed by atoms with Gasteiger partial charge in [0.2, 0.25) is 5.91 Å². The van der Waals surface area contributed by atoms with Crippen LogP contribution in [0.25, 0.3) is 11.0 Å². The van der Waals surface area contributed by atoms with Crippen LogP contribution in [0.3, 0.4) is 0 Å². The van der Waals surface area contributed by atoms with Crippen molar-refractivity contribution in [2.24, 2.45) is 5.92 Å². The van der Waals surface area contributed by atoms with Crippen LogP contribution < -0.4 is 5.32 Å². The summed E-state index contributed by atoms with van der Waals surface area (Å²) in [6.07, 6.45) is 4.50. The summed E-state index contributed by atoms with van der Waals surface area (Å²) in [7, 11) is 0. The summed E-state index contributed by atoms with van der Waals surface area (Å²) in [5.41, 5.74) is 1.95. The number of carbonyl (C=O) groups excluding carboxylic acids is 1.